The summed E-state index contributed by atoms with van der Waals surface area (Å²) in [4.78, 5) is 46.9. The number of carbonyl (C=O) groups is 3. The Morgan fingerprint density at radius 2 is 1.35 bits per heavy atom. The molecule has 31 heavy (non-hydrogen) atoms. The van der Waals surface area contributed by atoms with E-state index in [1.165, 1.54) is 57.8 Å². The van der Waals surface area contributed by atoms with Crippen molar-refractivity contribution in [2.24, 2.45) is 0 Å². The summed E-state index contributed by atoms with van der Waals surface area (Å²) >= 11 is 0. The Kier molecular flexibility index (Phi) is 16.7. The Hall–Kier alpha value is -1.75. The molecule has 0 aromatic heterocycles. The lowest BCUT2D eigenvalue weighted by Crippen LogP contribution is -2.32. The molecule has 1 fully saturated rings. The molecule has 180 valence electrons. The maximum atomic E-state index is 11.2. The zero-order valence-electron chi connectivity index (χ0n) is 18.7. The van der Waals surface area contributed by atoms with E-state index in [9.17, 15) is 14.4 Å². The minimum absolute atomic E-state index is 0.0106. The Balaban J connectivity index is 1.75. The van der Waals surface area contributed by atoms with E-state index in [1.54, 1.807) is 0 Å². The van der Waals surface area contributed by atoms with Crippen LogP contribution < -0.4 is 5.32 Å². The first-order valence-corrected chi connectivity index (χ1v) is 11.6. The molecule has 0 saturated carbocycles. The quantitative estimate of drug-likeness (QED) is 0.127. The largest absolute Gasteiger partial charge is 0.568 e. The molecule has 10 heteroatoms. The molecule has 0 radical (unpaired) electrons. The minimum Gasteiger partial charge on any atom is -0.317 e. The molecule has 0 aromatic carbocycles. The van der Waals surface area contributed by atoms with Gasteiger partial charge in [-0.1, -0.05) is 69.8 Å². The smallest absolute Gasteiger partial charge is 0.317 e. The molecule has 1 N–H and O–H groups in total. The van der Waals surface area contributed by atoms with Crippen molar-refractivity contribution in [1.82, 2.24) is 10.4 Å². The number of unbranched alkanes of at least 4 members (excludes halogenated alkanes) is 10. The van der Waals surface area contributed by atoms with Crippen LogP contribution in [0.4, 0.5) is 4.79 Å². The number of carbonyl (C=O) groups excluding carboxylic acids is 3. The van der Waals surface area contributed by atoms with E-state index in [4.69, 9.17) is 4.89 Å². The van der Waals surface area contributed by atoms with Gasteiger partial charge >= 0.3 is 6.16 Å². The molecule has 1 heterocycles. The van der Waals surface area contributed by atoms with Crippen LogP contribution >= 0.6 is 0 Å². The van der Waals surface area contributed by atoms with Crippen molar-refractivity contribution >= 4 is 18.0 Å². The zero-order valence-corrected chi connectivity index (χ0v) is 18.7. The van der Waals surface area contributed by atoms with E-state index < -0.39 is 18.0 Å². The maximum absolute atomic E-state index is 11.2. The number of amides is 2. The van der Waals surface area contributed by atoms with Crippen LogP contribution in [0.1, 0.15) is 96.8 Å². The first kappa shape index (κ1) is 27.3. The first-order chi connectivity index (χ1) is 15.1. The number of nitrogens with one attached hydrogen (secondary N) is 1. The number of nitrogens with zero attached hydrogens (tertiary/aromatic N) is 1. The number of imide groups is 1. The average Bonchev–Trinajstić information content (AvgIpc) is 3.07. The van der Waals surface area contributed by atoms with Crippen molar-refractivity contribution in [3.05, 3.63) is 0 Å². The predicted molar refractivity (Wildman–Crippen MR) is 111 cm³/mol. The number of hydroxylamine groups is 2. The highest BCUT2D eigenvalue weighted by atomic mass is 17.7. The van der Waals surface area contributed by atoms with Crippen molar-refractivity contribution in [3.63, 3.8) is 0 Å². The monoisotopic (exact) mass is 446 g/mol. The van der Waals surface area contributed by atoms with Crippen LogP contribution in [0, 0.1) is 0 Å². The maximum Gasteiger partial charge on any atom is 0.568 e. The second-order valence-corrected chi connectivity index (χ2v) is 7.60. The van der Waals surface area contributed by atoms with E-state index in [0.29, 0.717) is 5.06 Å². The van der Waals surface area contributed by atoms with Gasteiger partial charge in [-0.3, -0.25) is 14.4 Å². The molecular formula is C21H38N2O8. The fourth-order valence-electron chi connectivity index (χ4n) is 3.12. The Morgan fingerprint density at radius 1 is 0.806 bits per heavy atom. The molecular weight excluding hydrogens is 408 g/mol. The SMILES string of the molecule is CCCCCCNCCCCCCCCCCOOOOC(=O)ON1C(=O)CCC1=O. The Bertz CT molecular complexity index is 488. The van der Waals surface area contributed by atoms with Gasteiger partial charge in [-0.05, 0) is 37.4 Å². The van der Waals surface area contributed by atoms with E-state index in [-0.39, 0.29) is 19.4 Å². The van der Waals surface area contributed by atoms with Crippen LogP contribution in [0.3, 0.4) is 0 Å². The van der Waals surface area contributed by atoms with Crippen LogP contribution in [-0.4, -0.2) is 42.7 Å². The van der Waals surface area contributed by atoms with Crippen LogP contribution in [-0.2, 0) is 34.3 Å². The van der Waals surface area contributed by atoms with Gasteiger partial charge in [-0.15, -0.1) is 0 Å². The number of hydrogen-bond acceptors (Lipinski definition) is 9. The summed E-state index contributed by atoms with van der Waals surface area (Å²) in [7, 11) is 0. The third-order valence-corrected chi connectivity index (χ3v) is 4.89. The zero-order chi connectivity index (χ0) is 22.6. The van der Waals surface area contributed by atoms with Crippen molar-refractivity contribution < 1.29 is 39.1 Å². The van der Waals surface area contributed by atoms with Crippen LogP contribution in [0.25, 0.3) is 0 Å². The van der Waals surface area contributed by atoms with Crippen LogP contribution in [0.5, 0.6) is 0 Å². The molecule has 0 bridgehead atoms. The van der Waals surface area contributed by atoms with Gasteiger partial charge in [0.15, 0.2) is 0 Å². The van der Waals surface area contributed by atoms with Gasteiger partial charge < -0.3 is 5.32 Å². The molecule has 1 aliphatic heterocycles. The first-order valence-electron chi connectivity index (χ1n) is 11.6. The van der Waals surface area contributed by atoms with E-state index >= 15 is 0 Å². The topological polar surface area (TPSA) is 113 Å². The molecule has 1 rings (SSSR count). The Morgan fingerprint density at radius 3 is 1.97 bits per heavy atom. The highest BCUT2D eigenvalue weighted by Gasteiger charge is 2.33. The minimum atomic E-state index is -1.41. The molecule has 2 amide bonds. The van der Waals surface area contributed by atoms with Gasteiger partial charge in [0.05, 0.1) is 6.61 Å². The predicted octanol–water partition coefficient (Wildman–Crippen LogP) is 4.29. The highest BCUT2D eigenvalue weighted by Crippen LogP contribution is 2.12. The Labute approximate surface area is 184 Å². The lowest BCUT2D eigenvalue weighted by Gasteiger charge is -2.10. The van der Waals surface area contributed by atoms with Crippen molar-refractivity contribution in [2.45, 2.75) is 96.8 Å². The van der Waals surface area contributed by atoms with E-state index in [2.05, 4.69) is 32.0 Å². The van der Waals surface area contributed by atoms with E-state index in [0.717, 1.165) is 32.4 Å². The second kappa shape index (κ2) is 19.0. The molecule has 0 atom stereocenters. The van der Waals surface area contributed by atoms with Crippen molar-refractivity contribution in [1.29, 1.82) is 0 Å². The fraction of sp³-hybridized carbons (Fsp3) is 0.857. The fourth-order valence-corrected chi connectivity index (χ4v) is 3.12. The summed E-state index contributed by atoms with van der Waals surface area (Å²) in [6.45, 7) is 4.79. The number of rotatable bonds is 20. The lowest BCUT2D eigenvalue weighted by molar-refractivity contribution is -0.619. The summed E-state index contributed by atoms with van der Waals surface area (Å²) in [5.74, 6) is -1.24. The van der Waals surface area contributed by atoms with Crippen molar-refractivity contribution in [2.75, 3.05) is 19.7 Å². The lowest BCUT2D eigenvalue weighted by atomic mass is 10.1. The average molecular weight is 447 g/mol. The summed E-state index contributed by atoms with van der Waals surface area (Å²) in [6.07, 6.45) is 13.0. The normalized spacial score (nSPS) is 13.8. The van der Waals surface area contributed by atoms with Gasteiger partial charge in [0.1, 0.15) is 0 Å². The molecule has 10 nitrogen and oxygen atoms in total. The molecule has 0 aromatic rings. The highest BCUT2D eigenvalue weighted by molar-refractivity contribution is 6.01. The molecule has 1 aliphatic rings. The van der Waals surface area contributed by atoms with Crippen LogP contribution in [0.15, 0.2) is 0 Å². The molecule has 1 saturated heterocycles. The van der Waals surface area contributed by atoms with Gasteiger partial charge in [0.25, 0.3) is 11.8 Å². The third-order valence-electron chi connectivity index (χ3n) is 4.89. The second-order valence-electron chi connectivity index (χ2n) is 7.60. The summed E-state index contributed by atoms with van der Waals surface area (Å²) in [6, 6.07) is 0. The molecule has 0 aliphatic carbocycles. The third kappa shape index (κ3) is 14.8. The summed E-state index contributed by atoms with van der Waals surface area (Å²) in [5.41, 5.74) is 0. The van der Waals surface area contributed by atoms with Gasteiger partial charge in [-0.2, -0.15) is 4.79 Å². The summed E-state index contributed by atoms with van der Waals surface area (Å²) < 4.78 is 0. The standard InChI is InChI=1S/C21H38N2O8/c1-2-3-4-11-16-22-17-12-9-7-5-6-8-10-13-18-27-30-31-29-21(26)28-23-19(24)14-15-20(23)25/h22H,2-18H2,1H3. The number of hydrogen-bond donors (Lipinski definition) is 1. The van der Waals surface area contributed by atoms with Gasteiger partial charge in [0.2, 0.25) is 0 Å². The van der Waals surface area contributed by atoms with Crippen LogP contribution in [0.2, 0.25) is 0 Å². The molecule has 0 spiro atoms. The van der Waals surface area contributed by atoms with E-state index in [1.807, 2.05) is 0 Å². The van der Waals surface area contributed by atoms with Gasteiger partial charge in [0, 0.05) is 17.9 Å². The van der Waals surface area contributed by atoms with Gasteiger partial charge in [-0.25, -0.2) is 9.78 Å². The molecule has 0 unspecified atom stereocenters. The van der Waals surface area contributed by atoms with Crippen molar-refractivity contribution in [3.8, 4) is 0 Å². The summed E-state index contributed by atoms with van der Waals surface area (Å²) in [5, 5.41) is 12.1.